The third-order valence-electron chi connectivity index (χ3n) is 3.31. The number of aryl methyl sites for hydroxylation is 2. The van der Waals surface area contributed by atoms with Gasteiger partial charge in [-0.15, -0.1) is 0 Å². The Balaban J connectivity index is 2.34. The molecule has 0 atom stereocenters. The molecule has 0 radical (unpaired) electrons. The summed E-state index contributed by atoms with van der Waals surface area (Å²) in [5.74, 6) is 0.126. The van der Waals surface area contributed by atoms with Crippen molar-refractivity contribution >= 4 is 11.6 Å². The van der Waals surface area contributed by atoms with Gasteiger partial charge in [0.05, 0.1) is 12.6 Å². The second-order valence-corrected chi connectivity index (χ2v) is 4.69. The predicted octanol–water partition coefficient (Wildman–Crippen LogP) is 1.76. The fraction of sp³-hybridized carbons (Fsp3) is 0.500. The Morgan fingerprint density at radius 3 is 2.63 bits per heavy atom. The Hall–Kier alpha value is -1.91. The normalized spacial score (nSPS) is 10.9. The summed E-state index contributed by atoms with van der Waals surface area (Å²) in [7, 11) is 0. The fourth-order valence-electron chi connectivity index (χ4n) is 2.29. The van der Waals surface area contributed by atoms with Crippen LogP contribution in [0.15, 0.2) is 12.3 Å². The molecule has 0 saturated carbocycles. The molecular weight excluding hydrogens is 240 g/mol. The third kappa shape index (κ3) is 2.59. The van der Waals surface area contributed by atoms with Gasteiger partial charge in [-0.3, -0.25) is 4.79 Å². The Labute approximate surface area is 113 Å². The van der Waals surface area contributed by atoms with Crippen molar-refractivity contribution in [2.45, 2.75) is 34.1 Å². The summed E-state index contributed by atoms with van der Waals surface area (Å²) >= 11 is 0. The molecule has 5 heteroatoms. The van der Waals surface area contributed by atoms with Gasteiger partial charge in [0.15, 0.2) is 5.65 Å². The molecule has 0 bridgehead atoms. The number of carbonyl (C=O) groups excluding carboxylic acids is 1. The van der Waals surface area contributed by atoms with Crippen molar-refractivity contribution in [3.63, 3.8) is 0 Å². The van der Waals surface area contributed by atoms with Gasteiger partial charge in [0.2, 0.25) is 5.91 Å². The zero-order valence-electron chi connectivity index (χ0n) is 12.0. The van der Waals surface area contributed by atoms with Crippen LogP contribution in [0.25, 0.3) is 5.65 Å². The summed E-state index contributed by atoms with van der Waals surface area (Å²) in [5.41, 5.74) is 3.66. The Morgan fingerprint density at radius 2 is 2.00 bits per heavy atom. The van der Waals surface area contributed by atoms with Gasteiger partial charge in [-0.25, -0.2) is 9.50 Å². The predicted molar refractivity (Wildman–Crippen MR) is 74.1 cm³/mol. The monoisotopic (exact) mass is 260 g/mol. The summed E-state index contributed by atoms with van der Waals surface area (Å²) in [4.78, 5) is 18.5. The van der Waals surface area contributed by atoms with Crippen LogP contribution in [0, 0.1) is 13.8 Å². The molecule has 1 amide bonds. The first-order valence-corrected chi connectivity index (χ1v) is 6.65. The van der Waals surface area contributed by atoms with Crippen LogP contribution in [0.2, 0.25) is 0 Å². The van der Waals surface area contributed by atoms with Crippen molar-refractivity contribution in [2.24, 2.45) is 0 Å². The second kappa shape index (κ2) is 5.38. The SMILES string of the molecule is CCN(CC)C(=O)Cc1cnn2c(C)cc(C)nc12. The van der Waals surface area contributed by atoms with Crippen molar-refractivity contribution in [3.8, 4) is 0 Å². The number of nitrogens with zero attached hydrogens (tertiary/aromatic N) is 4. The highest BCUT2D eigenvalue weighted by Gasteiger charge is 2.15. The summed E-state index contributed by atoms with van der Waals surface area (Å²) in [6, 6.07) is 1.98. The summed E-state index contributed by atoms with van der Waals surface area (Å²) < 4.78 is 1.79. The van der Waals surface area contributed by atoms with Crippen LogP contribution in [0.4, 0.5) is 0 Å². The lowest BCUT2D eigenvalue weighted by atomic mass is 10.2. The molecule has 0 unspecified atom stereocenters. The molecule has 2 aromatic rings. The maximum Gasteiger partial charge on any atom is 0.227 e. The van der Waals surface area contributed by atoms with Gasteiger partial charge in [0.1, 0.15) is 0 Å². The zero-order chi connectivity index (χ0) is 14.0. The van der Waals surface area contributed by atoms with Crippen LogP contribution >= 0.6 is 0 Å². The van der Waals surface area contributed by atoms with Crippen LogP contribution in [0.3, 0.4) is 0 Å². The minimum Gasteiger partial charge on any atom is -0.343 e. The maximum atomic E-state index is 12.1. The van der Waals surface area contributed by atoms with Gasteiger partial charge < -0.3 is 4.90 Å². The Kier molecular flexibility index (Phi) is 3.83. The van der Waals surface area contributed by atoms with E-state index in [2.05, 4.69) is 10.1 Å². The molecule has 5 nitrogen and oxygen atoms in total. The lowest BCUT2D eigenvalue weighted by Gasteiger charge is -2.18. The highest BCUT2D eigenvalue weighted by Crippen LogP contribution is 2.13. The van der Waals surface area contributed by atoms with Crippen molar-refractivity contribution in [1.29, 1.82) is 0 Å². The highest BCUT2D eigenvalue weighted by molar-refractivity contribution is 5.80. The molecule has 2 heterocycles. The number of likely N-dealkylation sites (N-methyl/N-ethyl adjacent to an activating group) is 1. The van der Waals surface area contributed by atoms with Crippen molar-refractivity contribution in [2.75, 3.05) is 13.1 Å². The largest absolute Gasteiger partial charge is 0.343 e. The smallest absolute Gasteiger partial charge is 0.227 e. The van der Waals surface area contributed by atoms with E-state index in [0.717, 1.165) is 35.7 Å². The lowest BCUT2D eigenvalue weighted by Crippen LogP contribution is -2.31. The maximum absolute atomic E-state index is 12.1. The van der Waals surface area contributed by atoms with E-state index in [1.54, 1.807) is 10.7 Å². The highest BCUT2D eigenvalue weighted by atomic mass is 16.2. The van der Waals surface area contributed by atoms with Crippen molar-refractivity contribution in [3.05, 3.63) is 29.2 Å². The van der Waals surface area contributed by atoms with Crippen LogP contribution in [-0.4, -0.2) is 38.5 Å². The number of hydrogen-bond acceptors (Lipinski definition) is 3. The first-order valence-electron chi connectivity index (χ1n) is 6.65. The molecule has 0 aromatic carbocycles. The van der Waals surface area contributed by atoms with Crippen LogP contribution in [-0.2, 0) is 11.2 Å². The average molecular weight is 260 g/mol. The fourth-order valence-corrected chi connectivity index (χ4v) is 2.29. The molecular formula is C14H20N4O. The van der Waals surface area contributed by atoms with E-state index in [1.165, 1.54) is 0 Å². The first-order chi connectivity index (χ1) is 9.06. The second-order valence-electron chi connectivity index (χ2n) is 4.69. The van der Waals surface area contributed by atoms with E-state index >= 15 is 0 Å². The number of rotatable bonds is 4. The van der Waals surface area contributed by atoms with Gasteiger partial charge in [-0.2, -0.15) is 5.10 Å². The quantitative estimate of drug-likeness (QED) is 0.841. The number of amides is 1. The number of fused-ring (bicyclic) bond motifs is 1. The van der Waals surface area contributed by atoms with E-state index in [-0.39, 0.29) is 5.91 Å². The van der Waals surface area contributed by atoms with E-state index in [9.17, 15) is 4.79 Å². The molecule has 0 N–H and O–H groups in total. The number of aromatic nitrogens is 3. The topological polar surface area (TPSA) is 50.5 Å². The minimum atomic E-state index is 0.126. The van der Waals surface area contributed by atoms with Crippen molar-refractivity contribution in [1.82, 2.24) is 19.5 Å². The van der Waals surface area contributed by atoms with E-state index < -0.39 is 0 Å². The third-order valence-corrected chi connectivity index (χ3v) is 3.31. The zero-order valence-corrected chi connectivity index (χ0v) is 12.0. The molecule has 0 fully saturated rings. The van der Waals surface area contributed by atoms with E-state index in [1.807, 2.05) is 38.7 Å². The summed E-state index contributed by atoms with van der Waals surface area (Å²) in [6.45, 7) is 9.40. The van der Waals surface area contributed by atoms with Gasteiger partial charge in [0, 0.05) is 30.0 Å². The average Bonchev–Trinajstić information content (AvgIpc) is 2.74. The molecule has 0 spiro atoms. The number of carbonyl (C=O) groups is 1. The minimum absolute atomic E-state index is 0.126. The first kappa shape index (κ1) is 13.5. The van der Waals surface area contributed by atoms with Crippen LogP contribution in [0.5, 0.6) is 0 Å². The lowest BCUT2D eigenvalue weighted by molar-refractivity contribution is -0.130. The molecule has 2 aromatic heterocycles. The van der Waals surface area contributed by atoms with Crippen molar-refractivity contribution < 1.29 is 4.79 Å². The molecule has 2 rings (SSSR count). The molecule has 102 valence electrons. The molecule has 0 aliphatic carbocycles. The number of hydrogen-bond donors (Lipinski definition) is 0. The Bertz CT molecular complexity index is 599. The van der Waals surface area contributed by atoms with Gasteiger partial charge in [0.25, 0.3) is 0 Å². The summed E-state index contributed by atoms with van der Waals surface area (Å²) in [5, 5.41) is 4.31. The molecule has 0 saturated heterocycles. The molecule has 19 heavy (non-hydrogen) atoms. The molecule has 0 aliphatic rings. The standard InChI is InChI=1S/C14H20N4O/c1-5-17(6-2)13(19)8-12-9-15-18-11(4)7-10(3)16-14(12)18/h7,9H,5-6,8H2,1-4H3. The van der Waals surface area contributed by atoms with E-state index in [4.69, 9.17) is 0 Å². The van der Waals surface area contributed by atoms with Gasteiger partial charge in [-0.1, -0.05) is 0 Å². The Morgan fingerprint density at radius 1 is 1.32 bits per heavy atom. The van der Waals surface area contributed by atoms with Gasteiger partial charge in [-0.05, 0) is 33.8 Å². The van der Waals surface area contributed by atoms with Crippen LogP contribution in [0.1, 0.15) is 30.8 Å². The van der Waals surface area contributed by atoms with Crippen LogP contribution < -0.4 is 0 Å². The summed E-state index contributed by atoms with van der Waals surface area (Å²) in [6.07, 6.45) is 2.11. The van der Waals surface area contributed by atoms with E-state index in [0.29, 0.717) is 6.42 Å². The van der Waals surface area contributed by atoms with Gasteiger partial charge >= 0.3 is 0 Å². The molecule has 0 aliphatic heterocycles.